The number of anilines is 1. The van der Waals surface area contributed by atoms with Crippen LogP contribution in [0.2, 0.25) is 0 Å². The van der Waals surface area contributed by atoms with Crippen LogP contribution in [0.5, 0.6) is 0 Å². The molecule has 2 aromatic rings. The highest BCUT2D eigenvalue weighted by molar-refractivity contribution is 5.90. The van der Waals surface area contributed by atoms with Crippen molar-refractivity contribution in [1.82, 2.24) is 5.43 Å². The molecule has 0 bridgehead atoms. The Kier molecular flexibility index (Phi) is 4.05. The number of rotatable bonds is 4. The van der Waals surface area contributed by atoms with Crippen LogP contribution < -0.4 is 10.4 Å². The summed E-state index contributed by atoms with van der Waals surface area (Å²) in [6.45, 7) is 0.549. The molecule has 2 aromatic carbocycles. The minimum absolute atomic E-state index is 0.0723. The Morgan fingerprint density at radius 1 is 1.09 bits per heavy atom. The maximum atomic E-state index is 12.0. The van der Waals surface area contributed by atoms with Gasteiger partial charge in [0.2, 0.25) is 5.91 Å². The van der Waals surface area contributed by atoms with Crippen LogP contribution >= 0.6 is 0 Å². The first kappa shape index (κ1) is 14.1. The third-order valence-corrected chi connectivity index (χ3v) is 3.51. The molecule has 1 fully saturated rings. The summed E-state index contributed by atoms with van der Waals surface area (Å²) in [5.74, 6) is -0.913. The SMILES string of the molecule is O=C(OCC1CN(c2ccccc2)NC1=O)c1ccccc1. The molecule has 0 aliphatic carbocycles. The molecule has 22 heavy (non-hydrogen) atoms. The van der Waals surface area contributed by atoms with Crippen molar-refractivity contribution in [3.63, 3.8) is 0 Å². The molecule has 1 unspecified atom stereocenters. The molecule has 1 atom stereocenters. The van der Waals surface area contributed by atoms with Crippen LogP contribution in [0.15, 0.2) is 60.7 Å². The van der Waals surface area contributed by atoms with Crippen LogP contribution in [-0.2, 0) is 9.53 Å². The second-order valence-corrected chi connectivity index (χ2v) is 5.08. The molecule has 1 N–H and O–H groups in total. The van der Waals surface area contributed by atoms with Gasteiger partial charge in [-0.05, 0) is 24.3 Å². The largest absolute Gasteiger partial charge is 0.461 e. The van der Waals surface area contributed by atoms with E-state index in [1.54, 1.807) is 29.3 Å². The van der Waals surface area contributed by atoms with E-state index in [0.717, 1.165) is 5.69 Å². The van der Waals surface area contributed by atoms with Gasteiger partial charge in [-0.1, -0.05) is 36.4 Å². The first-order valence-corrected chi connectivity index (χ1v) is 7.09. The minimum Gasteiger partial charge on any atom is -0.461 e. The summed E-state index contributed by atoms with van der Waals surface area (Å²) >= 11 is 0. The fraction of sp³-hybridized carbons (Fsp3) is 0.176. The maximum Gasteiger partial charge on any atom is 0.338 e. The number of hydrogen-bond donors (Lipinski definition) is 1. The number of ether oxygens (including phenoxy) is 1. The summed E-state index contributed by atoms with van der Waals surface area (Å²) in [5.41, 5.74) is 4.18. The van der Waals surface area contributed by atoms with E-state index >= 15 is 0 Å². The number of esters is 1. The molecule has 0 spiro atoms. The van der Waals surface area contributed by atoms with Crippen LogP contribution in [0.4, 0.5) is 5.69 Å². The molecule has 0 aromatic heterocycles. The Bertz CT molecular complexity index is 658. The fourth-order valence-electron chi connectivity index (χ4n) is 2.31. The molecular formula is C17H16N2O3. The number of hydrogen-bond acceptors (Lipinski definition) is 4. The standard InChI is InChI=1S/C17H16N2O3/c20-16-14(11-19(18-16)15-9-5-2-6-10-15)12-22-17(21)13-7-3-1-4-8-13/h1-10,14H,11-12H2,(H,18,20). The Morgan fingerprint density at radius 2 is 1.73 bits per heavy atom. The average Bonchev–Trinajstić information content (AvgIpc) is 2.95. The fourth-order valence-corrected chi connectivity index (χ4v) is 2.31. The van der Waals surface area contributed by atoms with Crippen LogP contribution in [-0.4, -0.2) is 25.0 Å². The van der Waals surface area contributed by atoms with Crippen LogP contribution in [0.1, 0.15) is 10.4 Å². The van der Waals surface area contributed by atoms with Gasteiger partial charge in [0.1, 0.15) is 6.61 Å². The number of para-hydroxylation sites is 1. The average molecular weight is 296 g/mol. The summed E-state index contributed by atoms with van der Waals surface area (Å²) in [6, 6.07) is 18.3. The maximum absolute atomic E-state index is 12.0. The number of benzene rings is 2. The van der Waals surface area contributed by atoms with Crippen molar-refractivity contribution in [2.75, 3.05) is 18.2 Å². The van der Waals surface area contributed by atoms with Crippen molar-refractivity contribution in [3.05, 3.63) is 66.2 Å². The molecule has 112 valence electrons. The van der Waals surface area contributed by atoms with Crippen molar-refractivity contribution in [1.29, 1.82) is 0 Å². The highest BCUT2D eigenvalue weighted by Crippen LogP contribution is 2.18. The van der Waals surface area contributed by atoms with E-state index in [9.17, 15) is 9.59 Å². The predicted molar refractivity (Wildman–Crippen MR) is 82.1 cm³/mol. The number of hydrazine groups is 1. The van der Waals surface area contributed by atoms with Gasteiger partial charge in [-0.3, -0.25) is 15.2 Å². The van der Waals surface area contributed by atoms with E-state index in [-0.39, 0.29) is 18.4 Å². The lowest BCUT2D eigenvalue weighted by molar-refractivity contribution is -0.123. The van der Waals surface area contributed by atoms with Gasteiger partial charge in [0.25, 0.3) is 0 Å². The Labute approximate surface area is 128 Å². The lowest BCUT2D eigenvalue weighted by Gasteiger charge is -2.17. The van der Waals surface area contributed by atoms with Crippen molar-refractivity contribution in [2.45, 2.75) is 0 Å². The minimum atomic E-state index is -0.411. The van der Waals surface area contributed by atoms with E-state index in [0.29, 0.717) is 12.1 Å². The molecule has 1 saturated heterocycles. The molecule has 0 saturated carbocycles. The van der Waals surface area contributed by atoms with Gasteiger partial charge in [0.05, 0.1) is 23.7 Å². The summed E-state index contributed by atoms with van der Waals surface area (Å²) in [7, 11) is 0. The molecule has 1 aliphatic heterocycles. The second-order valence-electron chi connectivity index (χ2n) is 5.08. The Balaban J connectivity index is 1.58. The van der Waals surface area contributed by atoms with Gasteiger partial charge >= 0.3 is 5.97 Å². The summed E-state index contributed by atoms with van der Waals surface area (Å²) in [5, 5.41) is 1.77. The van der Waals surface area contributed by atoms with Gasteiger partial charge in [0, 0.05) is 0 Å². The van der Waals surface area contributed by atoms with Gasteiger partial charge in [-0.2, -0.15) is 0 Å². The van der Waals surface area contributed by atoms with Crippen molar-refractivity contribution in [2.24, 2.45) is 5.92 Å². The molecule has 3 rings (SSSR count). The summed E-state index contributed by atoms with van der Waals surface area (Å²) < 4.78 is 5.24. The first-order chi connectivity index (χ1) is 10.7. The van der Waals surface area contributed by atoms with E-state index < -0.39 is 5.97 Å². The van der Waals surface area contributed by atoms with Crippen LogP contribution in [0.25, 0.3) is 0 Å². The first-order valence-electron chi connectivity index (χ1n) is 7.09. The molecular weight excluding hydrogens is 280 g/mol. The number of nitrogens with zero attached hydrogens (tertiary/aromatic N) is 1. The zero-order valence-corrected chi connectivity index (χ0v) is 11.9. The van der Waals surface area contributed by atoms with E-state index in [1.165, 1.54) is 0 Å². The normalized spacial score (nSPS) is 17.2. The second kappa shape index (κ2) is 6.30. The summed E-state index contributed by atoms with van der Waals surface area (Å²) in [4.78, 5) is 23.9. The van der Waals surface area contributed by atoms with Gasteiger partial charge < -0.3 is 4.74 Å². The lowest BCUT2D eigenvalue weighted by Crippen LogP contribution is -2.32. The van der Waals surface area contributed by atoms with Gasteiger partial charge in [-0.25, -0.2) is 4.79 Å². The molecule has 0 radical (unpaired) electrons. The zero-order chi connectivity index (χ0) is 15.4. The lowest BCUT2D eigenvalue weighted by atomic mass is 10.1. The Morgan fingerprint density at radius 3 is 2.41 bits per heavy atom. The van der Waals surface area contributed by atoms with Crippen molar-refractivity contribution in [3.8, 4) is 0 Å². The number of amides is 1. The van der Waals surface area contributed by atoms with Crippen molar-refractivity contribution < 1.29 is 14.3 Å². The molecule has 1 amide bonds. The van der Waals surface area contributed by atoms with Crippen molar-refractivity contribution >= 4 is 17.6 Å². The van der Waals surface area contributed by atoms with Crippen LogP contribution in [0.3, 0.4) is 0 Å². The molecule has 1 aliphatic rings. The number of nitrogens with one attached hydrogen (secondary N) is 1. The van der Waals surface area contributed by atoms with Gasteiger partial charge in [-0.15, -0.1) is 0 Å². The van der Waals surface area contributed by atoms with Crippen LogP contribution in [0, 0.1) is 5.92 Å². The molecule has 1 heterocycles. The molecule has 5 nitrogen and oxygen atoms in total. The smallest absolute Gasteiger partial charge is 0.338 e. The highest BCUT2D eigenvalue weighted by Gasteiger charge is 2.31. The third-order valence-electron chi connectivity index (χ3n) is 3.51. The Hall–Kier alpha value is -2.82. The third kappa shape index (κ3) is 3.09. The van der Waals surface area contributed by atoms with E-state index in [2.05, 4.69) is 5.43 Å². The molecule has 5 heteroatoms. The van der Waals surface area contributed by atoms with E-state index in [4.69, 9.17) is 4.74 Å². The summed E-state index contributed by atoms with van der Waals surface area (Å²) in [6.07, 6.45) is 0. The van der Waals surface area contributed by atoms with E-state index in [1.807, 2.05) is 36.4 Å². The number of carbonyl (C=O) groups is 2. The topological polar surface area (TPSA) is 58.6 Å². The van der Waals surface area contributed by atoms with Gasteiger partial charge in [0.15, 0.2) is 0 Å². The quantitative estimate of drug-likeness (QED) is 0.877. The predicted octanol–water partition coefficient (Wildman–Crippen LogP) is 2.01. The zero-order valence-electron chi connectivity index (χ0n) is 11.9. The highest BCUT2D eigenvalue weighted by atomic mass is 16.5. The number of carbonyl (C=O) groups excluding carboxylic acids is 2. The monoisotopic (exact) mass is 296 g/mol.